The van der Waals surface area contributed by atoms with Crippen molar-refractivity contribution in [2.75, 3.05) is 0 Å². The van der Waals surface area contributed by atoms with Crippen molar-refractivity contribution in [2.24, 2.45) is 0 Å². The van der Waals surface area contributed by atoms with E-state index in [0.29, 0.717) is 151 Å². The highest BCUT2D eigenvalue weighted by atomic mass is 16.5. The van der Waals surface area contributed by atoms with E-state index in [4.69, 9.17) is 142 Å². The van der Waals surface area contributed by atoms with E-state index in [2.05, 4.69) is 9.97 Å². The number of nitrogens with one attached hydrogen (secondary N) is 2. The van der Waals surface area contributed by atoms with Crippen LogP contribution in [-0.2, 0) is 25.7 Å². The molecular formula is C68H42B24N8O4. The zero-order chi connectivity index (χ0) is 71.6. The van der Waals surface area contributed by atoms with Gasteiger partial charge in [0.2, 0.25) is 0 Å². The maximum absolute atomic E-state index is 6.64. The lowest BCUT2D eigenvalue weighted by Crippen LogP contribution is -2.15. The molecule has 0 aliphatic carbocycles. The molecule has 6 aliphatic heterocycles. The molecule has 36 heteroatoms. The van der Waals surface area contributed by atoms with Crippen LogP contribution < -0.4 is 18.9 Å². The molecule has 4 saturated heterocycles. The normalized spacial score (nSPS) is 22.2. The second kappa shape index (κ2) is 27.0. The van der Waals surface area contributed by atoms with E-state index in [1.54, 1.807) is 57.4 Å². The van der Waals surface area contributed by atoms with Crippen LogP contribution in [0.25, 0.3) is 89.7 Å². The molecule has 0 spiro atoms. The summed E-state index contributed by atoms with van der Waals surface area (Å²) < 4.78 is 26.5. The average molecular weight is 1290 g/mol. The van der Waals surface area contributed by atoms with Gasteiger partial charge in [0.25, 0.3) is 0 Å². The van der Waals surface area contributed by atoms with Crippen molar-refractivity contribution < 1.29 is 18.9 Å². The molecule has 4 fully saturated rings. The van der Waals surface area contributed by atoms with Crippen molar-refractivity contribution >= 4 is 221 Å². The molecule has 8 unspecified atom stereocenters. The van der Waals surface area contributed by atoms with E-state index in [9.17, 15) is 0 Å². The first-order chi connectivity index (χ1) is 50.6. The number of benzene rings is 8. The molecule has 9 heterocycles. The fourth-order valence-electron chi connectivity index (χ4n) is 16.0. The highest BCUT2D eigenvalue weighted by Crippen LogP contribution is 2.64. The summed E-state index contributed by atoms with van der Waals surface area (Å²) in [5.74, 6) is 6.01. The Labute approximate surface area is 628 Å². The summed E-state index contributed by atoms with van der Waals surface area (Å²) >= 11 is 0. The number of ether oxygens (including phenoxy) is 4. The van der Waals surface area contributed by atoms with Crippen molar-refractivity contribution in [1.82, 2.24) is 39.9 Å². The Kier molecular flexibility index (Phi) is 17.9. The van der Waals surface area contributed by atoms with E-state index >= 15 is 0 Å². The maximum atomic E-state index is 6.64. The second-order valence-electron chi connectivity index (χ2n) is 28.2. The van der Waals surface area contributed by atoms with Crippen molar-refractivity contribution in [3.63, 3.8) is 0 Å². The first-order valence-electron chi connectivity index (χ1n) is 34.5. The van der Waals surface area contributed by atoms with Gasteiger partial charge in [-0.3, -0.25) is 0 Å². The van der Waals surface area contributed by atoms with E-state index in [-0.39, 0.29) is 49.3 Å². The minimum Gasteiger partial charge on any atom is -0.457 e. The molecule has 0 amide bonds. The summed E-state index contributed by atoms with van der Waals surface area (Å²) in [6.07, 6.45) is 2.52. The van der Waals surface area contributed by atoms with Crippen LogP contribution in [0.1, 0.15) is 22.3 Å². The third-order valence-electron chi connectivity index (χ3n) is 22.5. The van der Waals surface area contributed by atoms with Crippen molar-refractivity contribution in [3.05, 3.63) is 192 Å². The van der Waals surface area contributed by atoms with Gasteiger partial charge in [0.05, 0.1) is 55.1 Å². The molecule has 17 rings (SSSR count). The minimum absolute atomic E-state index is 0.00645. The third kappa shape index (κ3) is 12.0. The lowest BCUT2D eigenvalue weighted by atomic mass is 8.78. The number of fused-ring (bicyclic) bond motifs is 20. The molecule has 12 nitrogen and oxygen atoms in total. The smallest absolute Gasteiger partial charge is 0.164 e. The molecule has 0 saturated carbocycles. The Balaban J connectivity index is 0.792. The van der Waals surface area contributed by atoms with Gasteiger partial charge >= 0.3 is 0 Å². The first-order valence-corrected chi connectivity index (χ1v) is 34.5. The molecule has 3 aromatic heterocycles. The third-order valence-corrected chi connectivity index (χ3v) is 22.5. The summed E-state index contributed by atoms with van der Waals surface area (Å²) in [5, 5.41) is 1.16. The largest absolute Gasteiger partial charge is 0.457 e. The van der Waals surface area contributed by atoms with E-state index in [1.807, 2.05) is 170 Å². The summed E-state index contributed by atoms with van der Waals surface area (Å²) in [6.45, 7) is -0.629. The van der Waals surface area contributed by atoms with Gasteiger partial charge in [-0.05, 0) is 169 Å². The van der Waals surface area contributed by atoms with E-state index in [0.717, 1.165) is 33.0 Å². The van der Waals surface area contributed by atoms with E-state index < -0.39 is 20.9 Å². The monoisotopic (exact) mass is 1290 g/mol. The van der Waals surface area contributed by atoms with Crippen LogP contribution in [0.4, 0.5) is 0 Å². The number of aromatic amines is 2. The standard InChI is InChI=1S/C68H42B24N8O4/c69-81-61-65(85-73,89(61)77)29-33-1-9-37(10-2-33)101-41-17-21-45-49(25-41)57-94-53(45)93-54-46-22-18-43(103-39-13-5-35(6-14-39)31-67(87-75)63(83-71)91(67)79)27-51(46)59(95-54)100-60-52-28-44(104-40-15-7-36(8-16-40)32-68(88-76)64(84-72)92(68)80)20-24-48(52)56(99-60)98-58-50-26-42(19-23-47(50)55(96-57)97-58)102-38-11-3-34(4-12-38)30-66(86-74)62(82-70)90(66)78/h1-28,61-64H,29-32H2,(H2,93,94,95,96,97,98,99,100)/i81-1,82-1,83-1,84-1,85-1,86-1,87-1,88-1,89-1,90-1,91-1,92-1. The van der Waals surface area contributed by atoms with Gasteiger partial charge < -0.3 is 28.9 Å². The number of rotatable bonds is 24. The Morgan fingerprint density at radius 1 is 0.288 bits per heavy atom. The average Bonchev–Trinajstić information content (AvgIpc) is 1.58. The SMILES string of the molecule is [B][10B]C1[10B]([B])C1([10B][B])Cc1ccc(Oc2ccc3c(c2)-c2nc-3nc3[nH]c(nc4nc(nc5[nH]c(n2)c2ccc(Oc6ccc(CC7([10B][B])[10B]([B])C7[10B][B])cc6)cc52)-c2ccc(Oc5ccc(CC6([10B][B])[10B]([B])C6[10B][B])cc5)cc2-4)c2cc(Oc4ccc(CC5([10B][B])[10B]([B])C5[10B][B])cc4)ccc32)cc1. The second-order valence-corrected chi connectivity index (χ2v) is 28.2. The van der Waals surface area contributed by atoms with Gasteiger partial charge in [-0.1, -0.05) is 48.5 Å². The summed E-state index contributed by atoms with van der Waals surface area (Å²) in [4.78, 5) is 39.2. The van der Waals surface area contributed by atoms with E-state index in [1.165, 1.54) is 0 Å². The van der Waals surface area contributed by atoms with Crippen LogP contribution in [0.5, 0.6) is 46.0 Å². The summed E-state index contributed by atoms with van der Waals surface area (Å²) in [7, 11) is 87.5. The summed E-state index contributed by atoms with van der Waals surface area (Å²) in [6, 6.07) is 54.5. The predicted molar refractivity (Wildman–Crippen MR) is 441 cm³/mol. The molecule has 8 atom stereocenters. The van der Waals surface area contributed by atoms with Gasteiger partial charge in [0, 0.05) is 165 Å². The lowest BCUT2D eigenvalue weighted by molar-refractivity contribution is 0.482. The van der Waals surface area contributed by atoms with Gasteiger partial charge in [0.1, 0.15) is 68.6 Å². The molecule has 11 aromatic rings. The maximum Gasteiger partial charge on any atom is 0.164 e. The summed E-state index contributed by atoms with van der Waals surface area (Å²) in [5.41, 5.74) is 8.59. The molecule has 8 aromatic carbocycles. The highest BCUT2D eigenvalue weighted by Gasteiger charge is 2.61. The van der Waals surface area contributed by atoms with Gasteiger partial charge in [-0.25, -0.2) is 29.9 Å². The van der Waals surface area contributed by atoms with Crippen LogP contribution >= 0.6 is 0 Å². The minimum atomic E-state index is -0.412. The van der Waals surface area contributed by atoms with Crippen molar-refractivity contribution in [2.45, 2.75) is 69.4 Å². The van der Waals surface area contributed by atoms with Crippen molar-refractivity contribution in [3.8, 4) is 91.5 Å². The Bertz CT molecular complexity index is 5370. The zero-order valence-corrected chi connectivity index (χ0v) is 56.5. The first kappa shape index (κ1) is 69.0. The molecule has 450 valence electrons. The van der Waals surface area contributed by atoms with Gasteiger partial charge in [-0.15, -0.1) is 43.7 Å². The predicted octanol–water partition coefficient (Wildman–Crippen LogP) is 7.31. The molecule has 104 heavy (non-hydrogen) atoms. The molecule has 6 aliphatic rings. The number of hydrogen-bond donors (Lipinski definition) is 2. The molecular weight excluding hydrogens is 1240 g/mol. The van der Waals surface area contributed by atoms with Crippen LogP contribution in [-0.4, -0.2) is 216 Å². The molecule has 32 radical (unpaired) electrons. The van der Waals surface area contributed by atoms with Gasteiger partial charge in [-0.2, -0.15) is 0 Å². The molecule has 8 bridgehead atoms. The number of nitrogens with zero attached hydrogens (tertiary/aromatic N) is 6. The van der Waals surface area contributed by atoms with Crippen molar-refractivity contribution in [1.29, 1.82) is 0 Å². The topological polar surface area (TPSA) is 146 Å². The van der Waals surface area contributed by atoms with Crippen LogP contribution in [0.2, 0.25) is 43.7 Å². The quantitative estimate of drug-likeness (QED) is 0.0592. The Morgan fingerprint density at radius 3 is 0.788 bits per heavy atom. The zero-order valence-electron chi connectivity index (χ0n) is 56.5. The number of hydrogen-bond acceptors (Lipinski definition) is 10. The Morgan fingerprint density at radius 2 is 0.529 bits per heavy atom. The lowest BCUT2D eigenvalue weighted by Gasteiger charge is -2.17. The fourth-order valence-corrected chi connectivity index (χ4v) is 16.0. The fraction of sp³-hybridized carbons (Fsp3) is 0.176. The van der Waals surface area contributed by atoms with Crippen LogP contribution in [0.15, 0.2) is 170 Å². The van der Waals surface area contributed by atoms with Crippen LogP contribution in [0, 0.1) is 0 Å². The highest BCUT2D eigenvalue weighted by molar-refractivity contribution is 7.30. The Hall–Kier alpha value is -8.12. The molecule has 2 N–H and O–H groups in total. The number of H-pyrrole nitrogens is 2. The van der Waals surface area contributed by atoms with Crippen LogP contribution in [0.3, 0.4) is 0 Å². The number of aromatic nitrogens is 8. The van der Waals surface area contributed by atoms with Gasteiger partial charge in [0.15, 0.2) is 23.3 Å².